The number of nitrogens with zero attached hydrogens (tertiary/aromatic N) is 2. The second-order valence-electron chi connectivity index (χ2n) is 6.64. The van der Waals surface area contributed by atoms with Gasteiger partial charge in [0.1, 0.15) is 0 Å². The molecule has 0 bridgehead atoms. The van der Waals surface area contributed by atoms with Crippen molar-refractivity contribution in [1.82, 2.24) is 9.21 Å². The van der Waals surface area contributed by atoms with Crippen molar-refractivity contribution in [1.29, 1.82) is 0 Å². The predicted octanol–water partition coefficient (Wildman–Crippen LogP) is 3.75. The van der Waals surface area contributed by atoms with Gasteiger partial charge in [0.05, 0.1) is 25.7 Å². The molecule has 160 valence electrons. The average Bonchev–Trinajstić information content (AvgIpc) is 2.72. The molecule has 1 heterocycles. The molecule has 7 nitrogen and oxygen atoms in total. The number of rotatable bonds is 4. The van der Waals surface area contributed by atoms with E-state index in [-0.39, 0.29) is 50.2 Å². The lowest BCUT2D eigenvalue weighted by molar-refractivity contribution is -0.129. The van der Waals surface area contributed by atoms with Gasteiger partial charge in [0, 0.05) is 38.7 Å². The molecule has 0 aliphatic carbocycles. The number of hydrogen-bond acceptors (Lipinski definition) is 4. The summed E-state index contributed by atoms with van der Waals surface area (Å²) in [6, 6.07) is 8.53. The van der Waals surface area contributed by atoms with E-state index < -0.39 is 15.9 Å². The lowest BCUT2D eigenvalue weighted by Crippen LogP contribution is -2.49. The van der Waals surface area contributed by atoms with Gasteiger partial charge in [-0.25, -0.2) is 8.42 Å². The van der Waals surface area contributed by atoms with Crippen molar-refractivity contribution in [3.8, 4) is 0 Å². The molecule has 0 atom stereocenters. The first-order chi connectivity index (χ1) is 14.1. The minimum absolute atomic E-state index is 0.00772. The SMILES string of the molecule is CC(=O)N1CCN(S(=O)(=O)c2cccc(C(=O)Nc3cc(Cl)c(Cl)cc3Cl)c2)CC1. The number of sulfonamides is 1. The average molecular weight is 491 g/mol. The van der Waals surface area contributed by atoms with Gasteiger partial charge in [0.15, 0.2) is 0 Å². The summed E-state index contributed by atoms with van der Waals surface area (Å²) in [7, 11) is -3.81. The molecule has 1 aliphatic rings. The minimum atomic E-state index is -3.81. The van der Waals surface area contributed by atoms with Crippen molar-refractivity contribution in [2.75, 3.05) is 31.5 Å². The van der Waals surface area contributed by atoms with E-state index in [1.54, 1.807) is 4.90 Å². The van der Waals surface area contributed by atoms with E-state index in [0.29, 0.717) is 13.1 Å². The van der Waals surface area contributed by atoms with Crippen LogP contribution >= 0.6 is 34.8 Å². The summed E-state index contributed by atoms with van der Waals surface area (Å²) in [5.41, 5.74) is 0.394. The highest BCUT2D eigenvalue weighted by Gasteiger charge is 2.29. The fourth-order valence-corrected chi connectivity index (χ4v) is 5.07. The molecule has 0 saturated carbocycles. The third-order valence-electron chi connectivity index (χ3n) is 4.68. The van der Waals surface area contributed by atoms with Crippen LogP contribution in [0, 0.1) is 0 Å². The quantitative estimate of drug-likeness (QED) is 0.661. The maximum atomic E-state index is 13.0. The number of benzene rings is 2. The number of anilines is 1. The Labute approximate surface area is 189 Å². The van der Waals surface area contributed by atoms with Crippen molar-refractivity contribution in [2.24, 2.45) is 0 Å². The van der Waals surface area contributed by atoms with E-state index in [2.05, 4.69) is 5.32 Å². The van der Waals surface area contributed by atoms with Crippen LogP contribution in [0.15, 0.2) is 41.3 Å². The fraction of sp³-hybridized carbons (Fsp3) is 0.263. The number of halogens is 3. The van der Waals surface area contributed by atoms with E-state index in [9.17, 15) is 18.0 Å². The lowest BCUT2D eigenvalue weighted by Gasteiger charge is -2.33. The molecule has 30 heavy (non-hydrogen) atoms. The Morgan fingerprint density at radius 2 is 1.57 bits per heavy atom. The van der Waals surface area contributed by atoms with Crippen molar-refractivity contribution in [2.45, 2.75) is 11.8 Å². The van der Waals surface area contributed by atoms with Crippen LogP contribution in [0.25, 0.3) is 0 Å². The molecule has 2 amide bonds. The molecular formula is C19H18Cl3N3O4S. The number of amides is 2. The molecule has 1 aliphatic heterocycles. The monoisotopic (exact) mass is 489 g/mol. The molecule has 2 aromatic rings. The fourth-order valence-electron chi connectivity index (χ4n) is 3.00. The molecule has 0 aromatic heterocycles. The zero-order valence-electron chi connectivity index (χ0n) is 15.9. The molecule has 11 heteroatoms. The number of nitrogens with one attached hydrogen (secondary N) is 1. The summed E-state index contributed by atoms with van der Waals surface area (Å²) in [5, 5.41) is 3.27. The summed E-state index contributed by atoms with van der Waals surface area (Å²) < 4.78 is 27.2. The van der Waals surface area contributed by atoms with Crippen LogP contribution in [0.5, 0.6) is 0 Å². The molecule has 1 N–H and O–H groups in total. The van der Waals surface area contributed by atoms with Gasteiger partial charge in [-0.1, -0.05) is 40.9 Å². The number of hydrogen-bond donors (Lipinski definition) is 1. The third-order valence-corrected chi connectivity index (χ3v) is 7.61. The van der Waals surface area contributed by atoms with Gasteiger partial charge in [0.2, 0.25) is 15.9 Å². The Hall–Kier alpha value is -1.84. The van der Waals surface area contributed by atoms with Gasteiger partial charge in [-0.15, -0.1) is 0 Å². The largest absolute Gasteiger partial charge is 0.340 e. The van der Waals surface area contributed by atoms with E-state index in [1.807, 2.05) is 0 Å². The standard InChI is InChI=1S/C19H18Cl3N3O4S/c1-12(26)24-5-7-25(8-6-24)30(28,29)14-4-2-3-13(9-14)19(27)23-18-11-16(21)15(20)10-17(18)22/h2-4,9-11H,5-8H2,1H3,(H,23,27). The molecule has 2 aromatic carbocycles. The van der Waals surface area contributed by atoms with Crippen LogP contribution in [0.1, 0.15) is 17.3 Å². The molecule has 0 spiro atoms. The summed E-state index contributed by atoms with van der Waals surface area (Å²) in [6.07, 6.45) is 0. The van der Waals surface area contributed by atoms with Crippen LogP contribution in [0.4, 0.5) is 5.69 Å². The summed E-state index contributed by atoms with van der Waals surface area (Å²) >= 11 is 17.9. The first-order valence-corrected chi connectivity index (χ1v) is 11.5. The lowest BCUT2D eigenvalue weighted by atomic mass is 10.2. The number of piperazine rings is 1. The maximum Gasteiger partial charge on any atom is 0.255 e. The van der Waals surface area contributed by atoms with Crippen molar-refractivity contribution in [3.63, 3.8) is 0 Å². The topological polar surface area (TPSA) is 86.8 Å². The molecule has 3 rings (SSSR count). The smallest absolute Gasteiger partial charge is 0.255 e. The molecule has 1 fully saturated rings. The van der Waals surface area contributed by atoms with Crippen LogP contribution in [-0.2, 0) is 14.8 Å². The zero-order chi connectivity index (χ0) is 22.1. The van der Waals surface area contributed by atoms with Crippen molar-refractivity contribution in [3.05, 3.63) is 57.0 Å². The molecule has 1 saturated heterocycles. The highest BCUT2D eigenvalue weighted by molar-refractivity contribution is 7.89. The predicted molar refractivity (Wildman–Crippen MR) is 117 cm³/mol. The Balaban J connectivity index is 1.79. The summed E-state index contributed by atoms with van der Waals surface area (Å²) in [5.74, 6) is -0.639. The minimum Gasteiger partial charge on any atom is -0.340 e. The van der Waals surface area contributed by atoms with Gasteiger partial charge in [-0.2, -0.15) is 4.31 Å². The maximum absolute atomic E-state index is 13.0. The summed E-state index contributed by atoms with van der Waals surface area (Å²) in [6.45, 7) is 2.48. The Morgan fingerprint density at radius 3 is 2.20 bits per heavy atom. The van der Waals surface area contributed by atoms with E-state index in [4.69, 9.17) is 34.8 Å². The Bertz CT molecular complexity index is 1100. The van der Waals surface area contributed by atoms with Gasteiger partial charge in [0.25, 0.3) is 5.91 Å². The van der Waals surface area contributed by atoms with E-state index in [0.717, 1.165) is 0 Å². The first kappa shape index (κ1) is 22.8. The van der Waals surface area contributed by atoms with Crippen LogP contribution in [-0.4, -0.2) is 55.6 Å². The Morgan fingerprint density at radius 1 is 0.933 bits per heavy atom. The summed E-state index contributed by atoms with van der Waals surface area (Å²) in [4.78, 5) is 25.7. The molecule has 0 unspecified atom stereocenters. The number of carbonyl (C=O) groups is 2. The van der Waals surface area contributed by atoms with Crippen LogP contribution in [0.2, 0.25) is 15.1 Å². The zero-order valence-corrected chi connectivity index (χ0v) is 18.9. The normalized spacial score (nSPS) is 15.1. The molecule has 0 radical (unpaired) electrons. The van der Waals surface area contributed by atoms with Gasteiger partial charge in [-0.05, 0) is 30.3 Å². The van der Waals surface area contributed by atoms with E-state index >= 15 is 0 Å². The second kappa shape index (κ2) is 9.11. The van der Waals surface area contributed by atoms with Gasteiger partial charge < -0.3 is 10.2 Å². The highest BCUT2D eigenvalue weighted by atomic mass is 35.5. The first-order valence-electron chi connectivity index (χ1n) is 8.91. The van der Waals surface area contributed by atoms with E-state index in [1.165, 1.54) is 47.6 Å². The second-order valence-corrected chi connectivity index (χ2v) is 9.80. The van der Waals surface area contributed by atoms with Crippen LogP contribution < -0.4 is 5.32 Å². The highest BCUT2D eigenvalue weighted by Crippen LogP contribution is 2.32. The van der Waals surface area contributed by atoms with Crippen molar-refractivity contribution >= 4 is 62.3 Å². The Kier molecular flexibility index (Phi) is 6.94. The van der Waals surface area contributed by atoms with Gasteiger partial charge in [-0.3, -0.25) is 9.59 Å². The number of carbonyl (C=O) groups excluding carboxylic acids is 2. The van der Waals surface area contributed by atoms with Crippen molar-refractivity contribution < 1.29 is 18.0 Å². The molecular weight excluding hydrogens is 473 g/mol. The third kappa shape index (κ3) is 4.90. The van der Waals surface area contributed by atoms with Gasteiger partial charge >= 0.3 is 0 Å². The van der Waals surface area contributed by atoms with Crippen LogP contribution in [0.3, 0.4) is 0 Å².